The van der Waals surface area contributed by atoms with Gasteiger partial charge in [0.15, 0.2) is 0 Å². The molecule has 0 radical (unpaired) electrons. The zero-order valence-corrected chi connectivity index (χ0v) is 18.1. The van der Waals surface area contributed by atoms with E-state index in [1.807, 2.05) is 53.4 Å². The Morgan fingerprint density at radius 1 is 1.03 bits per heavy atom. The van der Waals surface area contributed by atoms with E-state index in [4.69, 9.17) is 0 Å². The third kappa shape index (κ3) is 3.77. The molecule has 1 saturated carbocycles. The number of thiophene rings is 1. The summed E-state index contributed by atoms with van der Waals surface area (Å²) in [7, 11) is 0. The molecule has 1 aliphatic heterocycles. The van der Waals surface area contributed by atoms with Crippen LogP contribution in [-0.2, 0) is 6.54 Å². The molecule has 2 heterocycles. The van der Waals surface area contributed by atoms with E-state index in [-0.39, 0.29) is 17.9 Å². The topological polar surface area (TPSA) is 49.4 Å². The fourth-order valence-corrected chi connectivity index (χ4v) is 5.93. The van der Waals surface area contributed by atoms with Gasteiger partial charge >= 0.3 is 0 Å². The standard InChI is InChI=1S/C24H22N2O2S2/c27-23-19-9-3-4-10-21(19)30-22-12-11-16(14-20(22)25-23)24(28)26(17-6-1-2-7-17)15-18-8-5-13-29-18/h3-5,8-14,17H,1-2,6-7,15H2,(H,25,27). The molecule has 0 saturated heterocycles. The molecule has 3 aromatic rings. The maximum atomic E-state index is 13.5. The molecule has 0 atom stereocenters. The molecule has 0 spiro atoms. The Bertz CT molecular complexity index is 1090. The molecule has 1 aromatic heterocycles. The Kier molecular flexibility index (Phi) is 5.35. The quantitative estimate of drug-likeness (QED) is 0.544. The highest BCUT2D eigenvalue weighted by Gasteiger charge is 2.29. The first-order valence-electron chi connectivity index (χ1n) is 10.2. The number of rotatable bonds is 4. The van der Waals surface area contributed by atoms with Gasteiger partial charge in [0, 0.05) is 26.3 Å². The van der Waals surface area contributed by atoms with Gasteiger partial charge in [-0.05, 0) is 54.6 Å². The van der Waals surface area contributed by atoms with Crippen LogP contribution in [0, 0.1) is 0 Å². The summed E-state index contributed by atoms with van der Waals surface area (Å²) >= 11 is 3.25. The summed E-state index contributed by atoms with van der Waals surface area (Å²) < 4.78 is 0. The number of fused-ring (bicyclic) bond motifs is 2. The summed E-state index contributed by atoms with van der Waals surface area (Å²) in [5, 5.41) is 5.05. The Morgan fingerprint density at radius 2 is 1.87 bits per heavy atom. The molecule has 2 aromatic carbocycles. The Hall–Kier alpha value is -2.57. The van der Waals surface area contributed by atoms with E-state index in [1.54, 1.807) is 23.1 Å². The second kappa shape index (κ2) is 8.28. The summed E-state index contributed by atoms with van der Waals surface area (Å²) in [5.41, 5.74) is 2.00. The van der Waals surface area contributed by atoms with Crippen molar-refractivity contribution < 1.29 is 9.59 Å². The van der Waals surface area contributed by atoms with Crippen LogP contribution < -0.4 is 5.32 Å². The molecule has 1 N–H and O–H groups in total. The molecule has 2 aliphatic rings. The van der Waals surface area contributed by atoms with Crippen LogP contribution in [0.1, 0.15) is 51.3 Å². The lowest BCUT2D eigenvalue weighted by Gasteiger charge is -2.29. The molecule has 1 aliphatic carbocycles. The van der Waals surface area contributed by atoms with E-state index >= 15 is 0 Å². The average molecular weight is 435 g/mol. The van der Waals surface area contributed by atoms with Crippen molar-refractivity contribution >= 4 is 40.6 Å². The van der Waals surface area contributed by atoms with E-state index in [0.29, 0.717) is 23.4 Å². The average Bonchev–Trinajstić information content (AvgIpc) is 3.45. The summed E-state index contributed by atoms with van der Waals surface area (Å²) in [4.78, 5) is 31.3. The second-order valence-corrected chi connectivity index (χ2v) is 9.83. The van der Waals surface area contributed by atoms with Crippen molar-refractivity contribution in [2.24, 2.45) is 0 Å². The van der Waals surface area contributed by atoms with Gasteiger partial charge in [0.2, 0.25) is 0 Å². The van der Waals surface area contributed by atoms with E-state index in [2.05, 4.69) is 16.8 Å². The predicted octanol–water partition coefficient (Wildman–Crippen LogP) is 6.05. The van der Waals surface area contributed by atoms with Crippen LogP contribution in [0.4, 0.5) is 5.69 Å². The Labute approximate surface area is 184 Å². The third-order valence-electron chi connectivity index (χ3n) is 5.76. The van der Waals surface area contributed by atoms with Crippen molar-refractivity contribution in [2.75, 3.05) is 5.32 Å². The number of nitrogens with zero attached hydrogens (tertiary/aromatic N) is 1. The first-order chi connectivity index (χ1) is 14.7. The van der Waals surface area contributed by atoms with Crippen LogP contribution in [0.2, 0.25) is 0 Å². The Morgan fingerprint density at radius 3 is 2.67 bits per heavy atom. The normalized spacial score (nSPS) is 15.8. The van der Waals surface area contributed by atoms with Gasteiger partial charge < -0.3 is 10.2 Å². The molecule has 30 heavy (non-hydrogen) atoms. The summed E-state index contributed by atoms with van der Waals surface area (Å²) in [6.07, 6.45) is 4.47. The highest BCUT2D eigenvalue weighted by atomic mass is 32.2. The van der Waals surface area contributed by atoms with Crippen molar-refractivity contribution in [3.8, 4) is 0 Å². The fraction of sp³-hybridized carbons (Fsp3) is 0.250. The van der Waals surface area contributed by atoms with Crippen molar-refractivity contribution in [2.45, 2.75) is 48.1 Å². The number of benzene rings is 2. The molecular weight excluding hydrogens is 412 g/mol. The largest absolute Gasteiger partial charge is 0.331 e. The Balaban J connectivity index is 1.45. The van der Waals surface area contributed by atoms with Crippen molar-refractivity contribution in [3.63, 3.8) is 0 Å². The first kappa shape index (κ1) is 19.4. The predicted molar refractivity (Wildman–Crippen MR) is 121 cm³/mol. The highest BCUT2D eigenvalue weighted by Crippen LogP contribution is 2.39. The van der Waals surface area contributed by atoms with Gasteiger partial charge in [-0.25, -0.2) is 0 Å². The third-order valence-corrected chi connectivity index (χ3v) is 7.77. The maximum absolute atomic E-state index is 13.5. The molecule has 6 heteroatoms. The lowest BCUT2D eigenvalue weighted by Crippen LogP contribution is -2.38. The van der Waals surface area contributed by atoms with Crippen molar-refractivity contribution in [1.82, 2.24) is 4.90 Å². The van der Waals surface area contributed by atoms with E-state index in [1.165, 1.54) is 17.7 Å². The summed E-state index contributed by atoms with van der Waals surface area (Å²) in [6.45, 7) is 0.644. The number of hydrogen-bond donors (Lipinski definition) is 1. The van der Waals surface area contributed by atoms with E-state index in [9.17, 15) is 9.59 Å². The monoisotopic (exact) mass is 434 g/mol. The molecule has 2 amide bonds. The van der Waals surface area contributed by atoms with Crippen LogP contribution in [-0.4, -0.2) is 22.8 Å². The highest BCUT2D eigenvalue weighted by molar-refractivity contribution is 7.99. The smallest absolute Gasteiger partial charge is 0.256 e. The second-order valence-electron chi connectivity index (χ2n) is 7.71. The van der Waals surface area contributed by atoms with E-state index in [0.717, 1.165) is 22.6 Å². The maximum Gasteiger partial charge on any atom is 0.256 e. The number of carbonyl (C=O) groups excluding carboxylic acids is 2. The SMILES string of the molecule is O=C1Nc2cc(C(=O)N(Cc3cccs3)C3CCCC3)ccc2Sc2ccccc21. The molecule has 0 bridgehead atoms. The van der Waals surface area contributed by atoms with Crippen molar-refractivity contribution in [3.05, 3.63) is 76.0 Å². The van der Waals surface area contributed by atoms with Crippen LogP contribution in [0.15, 0.2) is 69.8 Å². The minimum Gasteiger partial charge on any atom is -0.331 e. The summed E-state index contributed by atoms with van der Waals surface area (Å²) in [5.74, 6) is -0.0909. The van der Waals surface area contributed by atoms with Gasteiger partial charge in [-0.3, -0.25) is 9.59 Å². The van der Waals surface area contributed by atoms with Gasteiger partial charge in [-0.15, -0.1) is 11.3 Å². The van der Waals surface area contributed by atoms with E-state index < -0.39 is 0 Å². The summed E-state index contributed by atoms with van der Waals surface area (Å²) in [6, 6.07) is 17.7. The van der Waals surface area contributed by atoms with Gasteiger partial charge in [-0.2, -0.15) is 0 Å². The number of anilines is 1. The lowest BCUT2D eigenvalue weighted by molar-refractivity contribution is 0.0666. The van der Waals surface area contributed by atoms with Crippen LogP contribution in [0.3, 0.4) is 0 Å². The zero-order chi connectivity index (χ0) is 20.5. The van der Waals surface area contributed by atoms with Gasteiger partial charge in [-0.1, -0.05) is 42.8 Å². The lowest BCUT2D eigenvalue weighted by atomic mass is 10.1. The molecule has 1 fully saturated rings. The first-order valence-corrected chi connectivity index (χ1v) is 11.9. The zero-order valence-electron chi connectivity index (χ0n) is 16.5. The van der Waals surface area contributed by atoms with Gasteiger partial charge in [0.1, 0.15) is 0 Å². The molecule has 0 unspecified atom stereocenters. The number of hydrogen-bond acceptors (Lipinski definition) is 4. The number of nitrogens with one attached hydrogen (secondary N) is 1. The molecule has 152 valence electrons. The molecule has 5 rings (SSSR count). The molecular formula is C24H22N2O2S2. The number of amides is 2. The van der Waals surface area contributed by atoms with Gasteiger partial charge in [0.05, 0.1) is 17.8 Å². The minimum atomic E-state index is -0.132. The number of carbonyl (C=O) groups is 2. The van der Waals surface area contributed by atoms with Gasteiger partial charge in [0.25, 0.3) is 11.8 Å². The minimum absolute atomic E-state index is 0.0408. The fourth-order valence-electron chi connectivity index (χ4n) is 4.22. The van der Waals surface area contributed by atoms with Crippen LogP contribution in [0.25, 0.3) is 0 Å². The van der Waals surface area contributed by atoms with Crippen molar-refractivity contribution in [1.29, 1.82) is 0 Å². The van der Waals surface area contributed by atoms with Crippen LogP contribution >= 0.6 is 23.1 Å². The molecule has 4 nitrogen and oxygen atoms in total. The van der Waals surface area contributed by atoms with Crippen LogP contribution in [0.5, 0.6) is 0 Å².